The molecule has 0 unspecified atom stereocenters. The molecule has 0 radical (unpaired) electrons. The third-order valence-corrected chi connectivity index (χ3v) is 3.89. The average Bonchev–Trinajstić information content (AvgIpc) is 2.96. The number of methoxy groups -OCH3 is 1. The van der Waals surface area contributed by atoms with Crippen LogP contribution in [0.25, 0.3) is 0 Å². The number of furan rings is 1. The van der Waals surface area contributed by atoms with E-state index in [0.717, 1.165) is 22.8 Å². The van der Waals surface area contributed by atoms with Gasteiger partial charge in [-0.2, -0.15) is 0 Å². The molecule has 0 saturated heterocycles. The van der Waals surface area contributed by atoms with Gasteiger partial charge in [0.05, 0.1) is 19.7 Å². The minimum atomic E-state index is -0.255. The number of para-hydroxylation sites is 1. The van der Waals surface area contributed by atoms with Crippen molar-refractivity contribution in [3.8, 4) is 5.75 Å². The Balaban J connectivity index is 1.89. The molecule has 0 fully saturated rings. The molecule has 0 aliphatic heterocycles. The highest BCUT2D eigenvalue weighted by Gasteiger charge is 2.19. The molecule has 1 aromatic heterocycles. The summed E-state index contributed by atoms with van der Waals surface area (Å²) in [6.45, 7) is 4.83. The number of carbonyl (C=O) groups excluding carboxylic acids is 1. The first-order valence-electron chi connectivity index (χ1n) is 7.66. The van der Waals surface area contributed by atoms with Crippen molar-refractivity contribution < 1.29 is 13.9 Å². The topological polar surface area (TPSA) is 54.7 Å². The van der Waals surface area contributed by atoms with Gasteiger partial charge in [-0.05, 0) is 39.1 Å². The highest BCUT2D eigenvalue weighted by Crippen LogP contribution is 2.17. The van der Waals surface area contributed by atoms with Gasteiger partial charge in [0.2, 0.25) is 5.91 Å². The number of aryl methyl sites for hydroxylation is 1. The molecule has 0 aliphatic carbocycles. The lowest BCUT2D eigenvalue weighted by Crippen LogP contribution is -2.42. The maximum atomic E-state index is 12.3. The van der Waals surface area contributed by atoms with Gasteiger partial charge in [0.1, 0.15) is 17.3 Å². The van der Waals surface area contributed by atoms with E-state index in [2.05, 4.69) is 5.32 Å². The minimum absolute atomic E-state index is 0.0262. The van der Waals surface area contributed by atoms with Crippen LogP contribution in [0.3, 0.4) is 0 Å². The van der Waals surface area contributed by atoms with E-state index in [1.54, 1.807) is 7.11 Å². The second-order valence-electron chi connectivity index (χ2n) is 5.63. The Morgan fingerprint density at radius 2 is 2.04 bits per heavy atom. The highest BCUT2D eigenvalue weighted by molar-refractivity contribution is 5.81. The van der Waals surface area contributed by atoms with Gasteiger partial charge >= 0.3 is 0 Å². The van der Waals surface area contributed by atoms with E-state index >= 15 is 0 Å². The Morgan fingerprint density at radius 3 is 2.70 bits per heavy atom. The van der Waals surface area contributed by atoms with Gasteiger partial charge in [-0.3, -0.25) is 9.69 Å². The smallest absolute Gasteiger partial charge is 0.237 e. The molecule has 0 bridgehead atoms. The van der Waals surface area contributed by atoms with Crippen LogP contribution in [0, 0.1) is 6.92 Å². The molecule has 23 heavy (non-hydrogen) atoms. The summed E-state index contributed by atoms with van der Waals surface area (Å²) in [6.07, 6.45) is 0. The van der Waals surface area contributed by atoms with Gasteiger partial charge in [0.25, 0.3) is 0 Å². The maximum absolute atomic E-state index is 12.3. The standard InChI is InChI=1S/C18H24N2O3/c1-13-9-10-16(23-13)12-20(3)14(2)18(21)19-11-15-7-5-6-8-17(15)22-4/h5-10,14H,11-12H2,1-4H3,(H,19,21)/t14-/m1/s1. The van der Waals surface area contributed by atoms with Crippen LogP contribution in [0.4, 0.5) is 0 Å². The number of nitrogens with one attached hydrogen (secondary N) is 1. The Hall–Kier alpha value is -2.27. The van der Waals surface area contributed by atoms with Gasteiger partial charge in [-0.15, -0.1) is 0 Å². The van der Waals surface area contributed by atoms with Crippen molar-refractivity contribution >= 4 is 5.91 Å². The summed E-state index contributed by atoms with van der Waals surface area (Å²) in [6, 6.07) is 11.3. The zero-order valence-electron chi connectivity index (χ0n) is 14.1. The normalized spacial score (nSPS) is 12.2. The van der Waals surface area contributed by atoms with Crippen molar-refractivity contribution in [1.82, 2.24) is 10.2 Å². The Kier molecular flexibility index (Phi) is 5.82. The van der Waals surface area contributed by atoms with Crippen LogP contribution in [-0.4, -0.2) is 31.0 Å². The molecule has 5 nitrogen and oxygen atoms in total. The summed E-state index contributed by atoms with van der Waals surface area (Å²) < 4.78 is 10.8. The molecule has 2 aromatic rings. The first kappa shape index (κ1) is 17.1. The van der Waals surface area contributed by atoms with Crippen LogP contribution in [0.1, 0.15) is 24.0 Å². The molecule has 1 N–H and O–H groups in total. The lowest BCUT2D eigenvalue weighted by Gasteiger charge is -2.23. The van der Waals surface area contributed by atoms with E-state index in [9.17, 15) is 4.79 Å². The van der Waals surface area contributed by atoms with Crippen LogP contribution < -0.4 is 10.1 Å². The van der Waals surface area contributed by atoms with Crippen molar-refractivity contribution in [2.45, 2.75) is 33.0 Å². The van der Waals surface area contributed by atoms with Gasteiger partial charge in [0.15, 0.2) is 0 Å². The quantitative estimate of drug-likeness (QED) is 0.853. The number of nitrogens with zero attached hydrogens (tertiary/aromatic N) is 1. The zero-order chi connectivity index (χ0) is 16.8. The summed E-state index contributed by atoms with van der Waals surface area (Å²) in [7, 11) is 3.54. The summed E-state index contributed by atoms with van der Waals surface area (Å²) in [5.74, 6) is 2.48. The van der Waals surface area contributed by atoms with Crippen molar-refractivity contribution in [2.75, 3.05) is 14.2 Å². The number of rotatable bonds is 7. The predicted molar refractivity (Wildman–Crippen MR) is 89.2 cm³/mol. The fourth-order valence-corrected chi connectivity index (χ4v) is 2.33. The summed E-state index contributed by atoms with van der Waals surface area (Å²) in [4.78, 5) is 14.3. The second kappa shape index (κ2) is 7.83. The van der Waals surface area contributed by atoms with Crippen LogP contribution >= 0.6 is 0 Å². The van der Waals surface area contributed by atoms with Crippen molar-refractivity contribution in [2.24, 2.45) is 0 Å². The Labute approximate surface area is 137 Å². The molecule has 2 rings (SSSR count). The summed E-state index contributed by atoms with van der Waals surface area (Å²) in [5, 5.41) is 2.95. The third kappa shape index (κ3) is 4.60. The van der Waals surface area contributed by atoms with Gasteiger partial charge < -0.3 is 14.5 Å². The molecule has 124 valence electrons. The Morgan fingerprint density at radius 1 is 1.30 bits per heavy atom. The fourth-order valence-electron chi connectivity index (χ4n) is 2.33. The molecule has 5 heteroatoms. The third-order valence-electron chi connectivity index (χ3n) is 3.89. The van der Waals surface area contributed by atoms with Crippen LogP contribution in [0.2, 0.25) is 0 Å². The molecular formula is C18H24N2O3. The number of hydrogen-bond acceptors (Lipinski definition) is 4. The lowest BCUT2D eigenvalue weighted by molar-refractivity contribution is -0.125. The SMILES string of the molecule is COc1ccccc1CNC(=O)[C@@H](C)N(C)Cc1ccc(C)o1. The summed E-state index contributed by atoms with van der Waals surface area (Å²) >= 11 is 0. The molecule has 1 atom stereocenters. The van der Waals surface area contributed by atoms with E-state index < -0.39 is 0 Å². The predicted octanol–water partition coefficient (Wildman–Crippen LogP) is 2.73. The molecule has 1 aromatic carbocycles. The van der Waals surface area contributed by atoms with Crippen molar-refractivity contribution in [3.63, 3.8) is 0 Å². The van der Waals surface area contributed by atoms with Crippen molar-refractivity contribution in [3.05, 3.63) is 53.5 Å². The zero-order valence-corrected chi connectivity index (χ0v) is 14.1. The first-order chi connectivity index (χ1) is 11.0. The second-order valence-corrected chi connectivity index (χ2v) is 5.63. The van der Waals surface area contributed by atoms with Crippen LogP contribution in [-0.2, 0) is 17.9 Å². The average molecular weight is 316 g/mol. The number of ether oxygens (including phenoxy) is 1. The van der Waals surface area contributed by atoms with E-state index in [-0.39, 0.29) is 11.9 Å². The molecule has 0 spiro atoms. The molecule has 0 saturated carbocycles. The van der Waals surface area contributed by atoms with E-state index in [1.807, 2.05) is 62.2 Å². The maximum Gasteiger partial charge on any atom is 0.237 e. The van der Waals surface area contributed by atoms with Gasteiger partial charge in [-0.1, -0.05) is 18.2 Å². The number of likely N-dealkylation sites (N-methyl/N-ethyl adjacent to an activating group) is 1. The highest BCUT2D eigenvalue weighted by atomic mass is 16.5. The molecule has 1 amide bonds. The van der Waals surface area contributed by atoms with Gasteiger partial charge in [0, 0.05) is 12.1 Å². The monoisotopic (exact) mass is 316 g/mol. The first-order valence-corrected chi connectivity index (χ1v) is 7.66. The van der Waals surface area contributed by atoms with E-state index in [4.69, 9.17) is 9.15 Å². The fraction of sp³-hybridized carbons (Fsp3) is 0.389. The summed E-state index contributed by atoms with van der Waals surface area (Å²) in [5.41, 5.74) is 0.958. The number of hydrogen-bond donors (Lipinski definition) is 1. The molecule has 0 aliphatic rings. The molecular weight excluding hydrogens is 292 g/mol. The minimum Gasteiger partial charge on any atom is -0.496 e. The van der Waals surface area contributed by atoms with E-state index in [0.29, 0.717) is 13.1 Å². The number of carbonyl (C=O) groups is 1. The van der Waals surface area contributed by atoms with Crippen molar-refractivity contribution in [1.29, 1.82) is 0 Å². The number of amides is 1. The molecule has 1 heterocycles. The number of benzene rings is 1. The van der Waals surface area contributed by atoms with Crippen LogP contribution in [0.5, 0.6) is 5.75 Å². The van der Waals surface area contributed by atoms with Gasteiger partial charge in [-0.25, -0.2) is 0 Å². The Bertz CT molecular complexity index is 651. The largest absolute Gasteiger partial charge is 0.496 e. The lowest BCUT2D eigenvalue weighted by atomic mass is 10.2. The van der Waals surface area contributed by atoms with E-state index in [1.165, 1.54) is 0 Å². The van der Waals surface area contributed by atoms with Crippen LogP contribution in [0.15, 0.2) is 40.8 Å².